The Morgan fingerprint density at radius 2 is 1.93 bits per heavy atom. The van der Waals surface area contributed by atoms with E-state index >= 15 is 0 Å². The van der Waals surface area contributed by atoms with Crippen LogP contribution in [0.15, 0.2) is 30.3 Å². The second-order valence-corrected chi connectivity index (χ2v) is 7.41. The number of halogens is 2. The maximum atomic E-state index is 12.4. The molecule has 154 valence electrons. The van der Waals surface area contributed by atoms with Crippen molar-refractivity contribution in [1.29, 1.82) is 0 Å². The van der Waals surface area contributed by atoms with Gasteiger partial charge in [-0.3, -0.25) is 9.69 Å². The Morgan fingerprint density at radius 1 is 1.22 bits per heavy atom. The number of nitrogens with one attached hydrogen (secondary N) is 1. The summed E-state index contributed by atoms with van der Waals surface area (Å²) in [6.07, 6.45) is 2.90. The summed E-state index contributed by atoms with van der Waals surface area (Å²) in [6.45, 7) is 6.42. The summed E-state index contributed by atoms with van der Waals surface area (Å²) >= 11 is 0. The first-order valence-electron chi connectivity index (χ1n) is 9.52. The number of nitrogens with zero attached hydrogens (tertiary/aromatic N) is 2. The topological polar surface area (TPSA) is 44.8 Å². The van der Waals surface area contributed by atoms with Gasteiger partial charge in [-0.15, -0.1) is 24.8 Å². The monoisotopic (exact) mass is 417 g/mol. The van der Waals surface area contributed by atoms with Crippen LogP contribution >= 0.6 is 24.8 Å². The number of morpholine rings is 1. The third kappa shape index (κ3) is 7.96. The predicted octanol–water partition coefficient (Wildman–Crippen LogP) is 2.58. The molecule has 2 fully saturated rings. The van der Waals surface area contributed by atoms with Crippen LogP contribution in [0, 0.1) is 5.92 Å². The van der Waals surface area contributed by atoms with E-state index < -0.39 is 0 Å². The van der Waals surface area contributed by atoms with Crippen LogP contribution in [0.4, 0.5) is 0 Å². The van der Waals surface area contributed by atoms with Crippen molar-refractivity contribution in [3.63, 3.8) is 0 Å². The smallest absolute Gasteiger partial charge is 0.223 e. The van der Waals surface area contributed by atoms with Gasteiger partial charge in [-0.05, 0) is 37.4 Å². The van der Waals surface area contributed by atoms with Crippen LogP contribution in [-0.4, -0.2) is 68.2 Å². The largest absolute Gasteiger partial charge is 0.378 e. The molecule has 0 bridgehead atoms. The average Bonchev–Trinajstić information content (AvgIpc) is 2.65. The van der Waals surface area contributed by atoms with Gasteiger partial charge < -0.3 is 15.0 Å². The number of amides is 1. The lowest BCUT2D eigenvalue weighted by Crippen LogP contribution is -2.45. The third-order valence-electron chi connectivity index (χ3n) is 5.33. The standard InChI is InChI=1S/C20H31N3O2.2ClH/c1-22(20(24)13-19-16-25-12-9-21-19)14-18-7-10-23(11-8-18)15-17-5-3-2-4-6-17;;/h2-6,18-19,21H,7-16H2,1H3;2*1H. The molecule has 0 aromatic heterocycles. The number of hydrogen-bond acceptors (Lipinski definition) is 4. The van der Waals surface area contributed by atoms with E-state index in [2.05, 4.69) is 40.5 Å². The summed E-state index contributed by atoms with van der Waals surface area (Å²) in [6, 6.07) is 10.8. The first-order chi connectivity index (χ1) is 12.2. The van der Waals surface area contributed by atoms with Crippen LogP contribution < -0.4 is 5.32 Å². The minimum Gasteiger partial charge on any atom is -0.378 e. The van der Waals surface area contributed by atoms with Crippen LogP contribution in [0.1, 0.15) is 24.8 Å². The highest BCUT2D eigenvalue weighted by Crippen LogP contribution is 2.20. The second kappa shape index (κ2) is 12.6. The summed E-state index contributed by atoms with van der Waals surface area (Å²) in [5.41, 5.74) is 1.38. The number of carbonyl (C=O) groups excluding carboxylic acids is 1. The van der Waals surface area contributed by atoms with E-state index in [1.54, 1.807) is 0 Å². The van der Waals surface area contributed by atoms with Gasteiger partial charge in [-0.2, -0.15) is 0 Å². The van der Waals surface area contributed by atoms with E-state index in [9.17, 15) is 4.79 Å². The molecule has 1 unspecified atom stereocenters. The fourth-order valence-corrected chi connectivity index (χ4v) is 3.78. The van der Waals surface area contributed by atoms with Gasteiger partial charge in [-0.1, -0.05) is 30.3 Å². The van der Waals surface area contributed by atoms with Gasteiger partial charge >= 0.3 is 0 Å². The first kappa shape index (κ1) is 24.2. The Morgan fingerprint density at radius 3 is 2.56 bits per heavy atom. The van der Waals surface area contributed by atoms with Crippen molar-refractivity contribution in [2.45, 2.75) is 31.8 Å². The lowest BCUT2D eigenvalue weighted by molar-refractivity contribution is -0.131. The highest BCUT2D eigenvalue weighted by atomic mass is 35.5. The molecule has 0 aliphatic carbocycles. The molecule has 2 aliphatic heterocycles. The summed E-state index contributed by atoms with van der Waals surface area (Å²) in [5.74, 6) is 0.853. The molecule has 5 nitrogen and oxygen atoms in total. The lowest BCUT2D eigenvalue weighted by atomic mass is 9.95. The van der Waals surface area contributed by atoms with Crippen molar-refractivity contribution < 1.29 is 9.53 Å². The molecular formula is C20H33Cl2N3O2. The predicted molar refractivity (Wildman–Crippen MR) is 114 cm³/mol. The lowest BCUT2D eigenvalue weighted by Gasteiger charge is -2.34. The Balaban J connectivity index is 0.00000182. The van der Waals surface area contributed by atoms with Crippen molar-refractivity contribution in [3.8, 4) is 0 Å². The van der Waals surface area contributed by atoms with Crippen molar-refractivity contribution in [2.24, 2.45) is 5.92 Å². The molecule has 27 heavy (non-hydrogen) atoms. The van der Waals surface area contributed by atoms with Gasteiger partial charge in [0.15, 0.2) is 0 Å². The molecule has 1 atom stereocenters. The molecule has 0 saturated carbocycles. The Kier molecular flexibility index (Phi) is 11.3. The van der Waals surface area contributed by atoms with E-state index in [0.29, 0.717) is 18.9 Å². The molecule has 7 heteroatoms. The summed E-state index contributed by atoms with van der Waals surface area (Å²) in [4.78, 5) is 16.9. The zero-order chi connectivity index (χ0) is 17.5. The van der Waals surface area contributed by atoms with Crippen LogP contribution in [-0.2, 0) is 16.1 Å². The highest BCUT2D eigenvalue weighted by Gasteiger charge is 2.24. The molecular weight excluding hydrogens is 385 g/mol. The van der Waals surface area contributed by atoms with Crippen molar-refractivity contribution in [3.05, 3.63) is 35.9 Å². The molecule has 0 radical (unpaired) electrons. The SMILES string of the molecule is CN(CC1CCN(Cc2ccccc2)CC1)C(=O)CC1COCCN1.Cl.Cl. The van der Waals surface area contributed by atoms with Gasteiger partial charge in [-0.25, -0.2) is 0 Å². The van der Waals surface area contributed by atoms with Crippen LogP contribution in [0.25, 0.3) is 0 Å². The molecule has 1 amide bonds. The van der Waals surface area contributed by atoms with Gasteiger partial charge in [0.2, 0.25) is 5.91 Å². The van der Waals surface area contributed by atoms with Crippen molar-refractivity contribution in [1.82, 2.24) is 15.1 Å². The molecule has 1 N–H and O–H groups in total. The van der Waals surface area contributed by atoms with Gasteiger partial charge in [0, 0.05) is 39.1 Å². The van der Waals surface area contributed by atoms with E-state index in [4.69, 9.17) is 4.74 Å². The third-order valence-corrected chi connectivity index (χ3v) is 5.33. The molecule has 0 spiro atoms. The van der Waals surface area contributed by atoms with Gasteiger partial charge in [0.05, 0.1) is 13.2 Å². The minimum atomic E-state index is 0. The Labute approximate surface area is 175 Å². The van der Waals surface area contributed by atoms with E-state index in [0.717, 1.165) is 39.3 Å². The maximum Gasteiger partial charge on any atom is 0.223 e. The van der Waals surface area contributed by atoms with Crippen LogP contribution in [0.5, 0.6) is 0 Å². The summed E-state index contributed by atoms with van der Waals surface area (Å²) < 4.78 is 5.43. The fraction of sp³-hybridized carbons (Fsp3) is 0.650. The van der Waals surface area contributed by atoms with Crippen LogP contribution in [0.3, 0.4) is 0 Å². The number of benzene rings is 1. The van der Waals surface area contributed by atoms with Gasteiger partial charge in [0.25, 0.3) is 0 Å². The number of carbonyl (C=O) groups is 1. The molecule has 1 aromatic carbocycles. The number of piperidine rings is 1. The Hall–Kier alpha value is -0.850. The number of ether oxygens (including phenoxy) is 1. The zero-order valence-electron chi connectivity index (χ0n) is 16.1. The first-order valence-corrected chi connectivity index (χ1v) is 9.52. The number of hydrogen-bond donors (Lipinski definition) is 1. The highest BCUT2D eigenvalue weighted by molar-refractivity contribution is 5.85. The van der Waals surface area contributed by atoms with E-state index in [1.807, 2.05) is 11.9 Å². The van der Waals surface area contributed by atoms with Crippen molar-refractivity contribution in [2.75, 3.05) is 46.4 Å². The molecule has 2 saturated heterocycles. The molecule has 3 rings (SSSR count). The summed E-state index contributed by atoms with van der Waals surface area (Å²) in [7, 11) is 1.95. The quantitative estimate of drug-likeness (QED) is 0.772. The molecule has 2 heterocycles. The second-order valence-electron chi connectivity index (χ2n) is 7.41. The Bertz CT molecular complexity index is 533. The van der Waals surface area contributed by atoms with E-state index in [1.165, 1.54) is 18.4 Å². The summed E-state index contributed by atoms with van der Waals surface area (Å²) in [5, 5.41) is 3.36. The molecule has 1 aromatic rings. The zero-order valence-corrected chi connectivity index (χ0v) is 17.8. The van der Waals surface area contributed by atoms with Crippen molar-refractivity contribution >= 4 is 30.7 Å². The number of rotatable bonds is 6. The molecule has 2 aliphatic rings. The van der Waals surface area contributed by atoms with Crippen LogP contribution in [0.2, 0.25) is 0 Å². The van der Waals surface area contributed by atoms with Gasteiger partial charge in [0.1, 0.15) is 0 Å². The minimum absolute atomic E-state index is 0. The fourth-order valence-electron chi connectivity index (χ4n) is 3.78. The average molecular weight is 418 g/mol. The number of likely N-dealkylation sites (tertiary alicyclic amines) is 1. The maximum absolute atomic E-state index is 12.4. The normalized spacial score (nSPS) is 21.0. The van der Waals surface area contributed by atoms with E-state index in [-0.39, 0.29) is 36.8 Å².